The Morgan fingerprint density at radius 1 is 0.581 bits per heavy atom. The number of benzene rings is 3. The van der Waals surface area contributed by atoms with Crippen LogP contribution in [0.1, 0.15) is 81.2 Å². The predicted molar refractivity (Wildman–Crippen MR) is 141 cm³/mol. The highest BCUT2D eigenvalue weighted by molar-refractivity contribution is 5.89. The highest BCUT2D eigenvalue weighted by Crippen LogP contribution is 2.27. The first kappa shape index (κ1) is 35.7. The Balaban J connectivity index is -0.000000168. The van der Waals surface area contributed by atoms with Gasteiger partial charge in [-0.15, -0.1) is 0 Å². The average molecular weight is 433 g/mol. The van der Waals surface area contributed by atoms with Gasteiger partial charge in [0.05, 0.1) is 0 Å². The lowest BCUT2D eigenvalue weighted by molar-refractivity contribution is 0.471. The van der Waals surface area contributed by atoms with Gasteiger partial charge in [-0.1, -0.05) is 106 Å². The van der Waals surface area contributed by atoms with Crippen LogP contribution in [-0.2, 0) is 0 Å². The van der Waals surface area contributed by atoms with Crippen molar-refractivity contribution in [2.24, 2.45) is 0 Å². The van der Waals surface area contributed by atoms with Crippen LogP contribution in [-0.4, -0.2) is 15.3 Å². The minimum Gasteiger partial charge on any atom is -0.508 e. The summed E-state index contributed by atoms with van der Waals surface area (Å²) in [7, 11) is 0. The highest BCUT2D eigenvalue weighted by atomic mass is 16.3. The second-order valence-corrected chi connectivity index (χ2v) is 5.23. The fourth-order valence-electron chi connectivity index (χ4n) is 1.87. The number of aromatic hydroxyl groups is 3. The first-order valence-electron chi connectivity index (χ1n) is 11.6. The zero-order chi connectivity index (χ0) is 25.2. The van der Waals surface area contributed by atoms with Crippen LogP contribution in [0.5, 0.6) is 17.2 Å². The third-order valence-corrected chi connectivity index (χ3v) is 2.84. The number of hydrogen-bond acceptors (Lipinski definition) is 3. The van der Waals surface area contributed by atoms with Crippen molar-refractivity contribution in [2.45, 2.75) is 82.6 Å². The van der Waals surface area contributed by atoms with E-state index in [2.05, 4.69) is 13.8 Å². The molecule has 3 nitrogen and oxygen atoms in total. The molecular formula is C28H48O3. The number of phenolic OH excluding ortho intramolecular Hbond substituents is 3. The summed E-state index contributed by atoms with van der Waals surface area (Å²) in [6.45, 7) is 22.2. The van der Waals surface area contributed by atoms with E-state index < -0.39 is 0 Å². The van der Waals surface area contributed by atoms with Gasteiger partial charge in [0.25, 0.3) is 0 Å². The maximum atomic E-state index is 9.38. The van der Waals surface area contributed by atoms with Gasteiger partial charge in [0, 0.05) is 5.39 Å². The van der Waals surface area contributed by atoms with Crippen LogP contribution < -0.4 is 0 Å². The number of phenols is 3. The fraction of sp³-hybridized carbons (Fsp3) is 0.429. The van der Waals surface area contributed by atoms with Crippen LogP contribution in [0, 0.1) is 6.92 Å². The van der Waals surface area contributed by atoms with E-state index in [0.717, 1.165) is 10.9 Å². The molecule has 0 aliphatic heterocycles. The van der Waals surface area contributed by atoms with Crippen LogP contribution in [0.15, 0.2) is 60.7 Å². The largest absolute Gasteiger partial charge is 0.508 e. The summed E-state index contributed by atoms with van der Waals surface area (Å²) in [5.41, 5.74) is 1.09. The van der Waals surface area contributed by atoms with Gasteiger partial charge in [-0.3, -0.25) is 0 Å². The summed E-state index contributed by atoms with van der Waals surface area (Å²) in [5, 5.41) is 28.9. The van der Waals surface area contributed by atoms with E-state index in [1.54, 1.807) is 42.5 Å². The van der Waals surface area contributed by atoms with Gasteiger partial charge in [0.2, 0.25) is 0 Å². The topological polar surface area (TPSA) is 60.7 Å². The quantitative estimate of drug-likeness (QED) is 0.331. The molecule has 3 aromatic carbocycles. The smallest absolute Gasteiger partial charge is 0.123 e. The normalized spacial score (nSPS) is 7.71. The number of aryl methyl sites for hydroxylation is 1. The van der Waals surface area contributed by atoms with Gasteiger partial charge in [-0.2, -0.15) is 0 Å². The average Bonchev–Trinajstić information content (AvgIpc) is 2.81. The molecule has 31 heavy (non-hydrogen) atoms. The molecule has 0 fully saturated rings. The molecular weight excluding hydrogens is 384 g/mol. The van der Waals surface area contributed by atoms with Crippen LogP contribution >= 0.6 is 0 Å². The number of hydrogen-bond donors (Lipinski definition) is 3. The van der Waals surface area contributed by atoms with Gasteiger partial charge in [-0.05, 0) is 48.2 Å². The first-order valence-corrected chi connectivity index (χ1v) is 11.6. The lowest BCUT2D eigenvalue weighted by atomic mass is 10.1. The van der Waals surface area contributed by atoms with E-state index >= 15 is 0 Å². The standard InChI is InChI=1S/C10H8O2.C7H8O.C3H8.4C2H6/c11-8-5-4-7-2-1-3-10(12)9(7)6-8;1-6-3-2-4-7(8)5-6;1-3-2;4*1-2/h1-6,11-12H;2-5,8H,1H3;3H2,1-2H3;4*1-2H3. The predicted octanol–water partition coefficient (Wildman–Crippen LogP) is 9.47. The third-order valence-electron chi connectivity index (χ3n) is 2.84. The van der Waals surface area contributed by atoms with Crippen LogP contribution in [0.3, 0.4) is 0 Å². The van der Waals surface area contributed by atoms with E-state index in [9.17, 15) is 5.11 Å². The molecule has 0 bridgehead atoms. The Labute approximate surface area is 192 Å². The van der Waals surface area contributed by atoms with Crippen molar-refractivity contribution in [1.29, 1.82) is 0 Å². The minimum absolute atomic E-state index is 0.170. The number of fused-ring (bicyclic) bond motifs is 1. The molecule has 0 aliphatic carbocycles. The third kappa shape index (κ3) is 19.1. The van der Waals surface area contributed by atoms with Gasteiger partial charge in [0.15, 0.2) is 0 Å². The van der Waals surface area contributed by atoms with E-state index in [4.69, 9.17) is 10.2 Å². The van der Waals surface area contributed by atoms with Crippen molar-refractivity contribution >= 4 is 10.8 Å². The summed E-state index contributed by atoms with van der Waals surface area (Å²) in [5.74, 6) is 0.706. The van der Waals surface area contributed by atoms with Gasteiger partial charge in [0.1, 0.15) is 17.2 Å². The van der Waals surface area contributed by atoms with E-state index in [1.165, 1.54) is 6.42 Å². The van der Waals surface area contributed by atoms with E-state index in [-0.39, 0.29) is 11.5 Å². The highest BCUT2D eigenvalue weighted by Gasteiger charge is 1.98. The molecule has 0 saturated carbocycles. The Kier molecular flexibility index (Phi) is 31.5. The fourth-order valence-corrected chi connectivity index (χ4v) is 1.87. The molecule has 3 aromatic rings. The van der Waals surface area contributed by atoms with Crippen molar-refractivity contribution in [2.75, 3.05) is 0 Å². The van der Waals surface area contributed by atoms with Crippen molar-refractivity contribution < 1.29 is 15.3 Å². The summed E-state index contributed by atoms with van der Waals surface area (Å²) in [6, 6.07) is 17.3. The summed E-state index contributed by atoms with van der Waals surface area (Å²) >= 11 is 0. The molecule has 3 N–H and O–H groups in total. The Morgan fingerprint density at radius 3 is 1.45 bits per heavy atom. The molecule has 0 aliphatic rings. The molecule has 0 radical (unpaired) electrons. The van der Waals surface area contributed by atoms with Crippen LogP contribution in [0.2, 0.25) is 0 Å². The van der Waals surface area contributed by atoms with Crippen molar-refractivity contribution in [3.8, 4) is 17.2 Å². The molecule has 3 rings (SSSR count). The van der Waals surface area contributed by atoms with E-state index in [1.807, 2.05) is 80.5 Å². The molecule has 0 saturated heterocycles. The first-order chi connectivity index (χ1) is 15.0. The second-order valence-electron chi connectivity index (χ2n) is 5.23. The molecule has 178 valence electrons. The lowest BCUT2D eigenvalue weighted by Gasteiger charge is -2.00. The SMILES string of the molecule is CC.CC.CC.CC.CCC.Cc1cccc(O)c1.Oc1ccc2cccc(O)c2c1. The molecule has 0 heterocycles. The summed E-state index contributed by atoms with van der Waals surface area (Å²) in [6.07, 6.45) is 1.25. The van der Waals surface area contributed by atoms with Crippen molar-refractivity contribution in [1.82, 2.24) is 0 Å². The van der Waals surface area contributed by atoms with Gasteiger partial charge in [-0.25, -0.2) is 0 Å². The summed E-state index contributed by atoms with van der Waals surface area (Å²) in [4.78, 5) is 0. The molecule has 0 unspecified atom stereocenters. The maximum absolute atomic E-state index is 9.38. The minimum atomic E-state index is 0.170. The lowest BCUT2D eigenvalue weighted by Crippen LogP contribution is -1.72. The monoisotopic (exact) mass is 432 g/mol. The Bertz CT molecular complexity index is 720. The zero-order valence-corrected chi connectivity index (χ0v) is 21.8. The Morgan fingerprint density at radius 2 is 1.03 bits per heavy atom. The molecule has 0 aromatic heterocycles. The van der Waals surface area contributed by atoms with Crippen LogP contribution in [0.4, 0.5) is 0 Å². The zero-order valence-electron chi connectivity index (χ0n) is 21.8. The second kappa shape index (κ2) is 27.3. The Hall–Kier alpha value is -2.68. The molecule has 0 amide bonds. The molecule has 0 spiro atoms. The van der Waals surface area contributed by atoms with Crippen molar-refractivity contribution in [3.63, 3.8) is 0 Å². The number of rotatable bonds is 0. The van der Waals surface area contributed by atoms with Crippen molar-refractivity contribution in [3.05, 3.63) is 66.2 Å². The van der Waals surface area contributed by atoms with Crippen LogP contribution in [0.25, 0.3) is 10.8 Å². The van der Waals surface area contributed by atoms with Gasteiger partial charge >= 0.3 is 0 Å². The maximum Gasteiger partial charge on any atom is 0.123 e. The van der Waals surface area contributed by atoms with E-state index in [0.29, 0.717) is 11.1 Å². The molecule has 3 heteroatoms. The summed E-state index contributed by atoms with van der Waals surface area (Å²) < 4.78 is 0. The van der Waals surface area contributed by atoms with Gasteiger partial charge < -0.3 is 15.3 Å². The molecule has 0 atom stereocenters.